The van der Waals surface area contributed by atoms with Crippen molar-refractivity contribution in [1.29, 1.82) is 0 Å². The summed E-state index contributed by atoms with van der Waals surface area (Å²) in [6.45, 7) is 1.35. The Morgan fingerprint density at radius 1 is 0.562 bits per heavy atom. The van der Waals surface area contributed by atoms with E-state index in [2.05, 4.69) is 59.8 Å². The first kappa shape index (κ1) is 91.7. The number of hydrogen-bond donors (Lipinski definition) is 20. The van der Waals surface area contributed by atoms with Gasteiger partial charge in [0.1, 0.15) is 72.6 Å². The van der Waals surface area contributed by atoms with Crippen LogP contribution in [0.15, 0.2) is 54.7 Å². The Hall–Kier alpha value is -12.7. The first-order chi connectivity index (χ1) is 52.8. The molecule has 22 N–H and O–H groups in total. The quantitative estimate of drug-likeness (QED) is 0.0120. The van der Waals surface area contributed by atoms with Crippen molar-refractivity contribution in [3.63, 3.8) is 0 Å². The summed E-state index contributed by atoms with van der Waals surface area (Å²) in [7, 11) is 0.891. The monoisotopic (exact) mass is 1580 g/mol. The predicted octanol–water partition coefficient (Wildman–Crippen LogP) is -5.24. The number of aliphatic hydroxyl groups is 1. The van der Waals surface area contributed by atoms with Crippen LogP contribution in [0.2, 0.25) is 0 Å². The van der Waals surface area contributed by atoms with Crippen LogP contribution in [0, 0.1) is 0 Å². The molecular formula is C70H96N16O26. The molecule has 4 rings (SSSR count). The van der Waals surface area contributed by atoms with Crippen molar-refractivity contribution in [1.82, 2.24) is 73.7 Å². The maximum Gasteiger partial charge on any atom is 0.329 e. The number of aromatic nitrogens is 1. The number of hydrogen-bond acceptors (Lipinski definition) is 23. The van der Waals surface area contributed by atoms with Crippen molar-refractivity contribution < 1.29 is 126 Å². The fraction of sp³-hybridized carbons (Fsp3) is 0.514. The van der Waals surface area contributed by atoms with Gasteiger partial charge in [0, 0.05) is 61.1 Å². The Bertz CT molecular complexity index is 3980. The number of carboxylic acid groups (broad SMARTS) is 4. The molecule has 1 saturated heterocycles. The number of nitrogen functional groups attached to an aromatic ring is 1. The van der Waals surface area contributed by atoms with Crippen LogP contribution in [0.25, 0.3) is 10.9 Å². The number of cyclic esters (lactones) is 1. The molecule has 0 saturated carbocycles. The second kappa shape index (κ2) is 45.4. The third-order valence-corrected chi connectivity index (χ3v) is 17.2. The number of nitrogens with two attached hydrogens (primary N) is 2. The molecule has 0 unspecified atom stereocenters. The maximum atomic E-state index is 14.9. The number of carbonyl (C=O) groups excluding carboxylic acids is 16. The van der Waals surface area contributed by atoms with Gasteiger partial charge in [-0.3, -0.25) is 91.1 Å². The zero-order valence-corrected chi connectivity index (χ0v) is 62.0. The largest absolute Gasteiger partial charge is 0.481 e. The number of fused-ring (bicyclic) bond motifs is 1. The summed E-state index contributed by atoms with van der Waals surface area (Å²) >= 11 is 0. The number of esters is 1. The number of benzene rings is 2. The van der Waals surface area contributed by atoms with Gasteiger partial charge in [0.15, 0.2) is 5.78 Å². The van der Waals surface area contributed by atoms with Crippen LogP contribution in [0.4, 0.5) is 5.69 Å². The fourth-order valence-corrected chi connectivity index (χ4v) is 11.2. The van der Waals surface area contributed by atoms with Crippen LogP contribution in [-0.4, -0.2) is 253 Å². The smallest absolute Gasteiger partial charge is 0.329 e. The molecule has 14 amide bonds. The van der Waals surface area contributed by atoms with Gasteiger partial charge in [0.25, 0.3) is 0 Å². The van der Waals surface area contributed by atoms with Crippen LogP contribution in [-0.2, 0) is 102 Å². The molecule has 2 heterocycles. The van der Waals surface area contributed by atoms with Crippen molar-refractivity contribution in [2.24, 2.45) is 5.73 Å². The number of H-pyrrole nitrogens is 1. The van der Waals surface area contributed by atoms with Crippen LogP contribution in [0.5, 0.6) is 0 Å². The van der Waals surface area contributed by atoms with E-state index in [1.807, 2.05) is 16.0 Å². The topological polar surface area (TPSA) is 667 Å². The van der Waals surface area contributed by atoms with Gasteiger partial charge in [-0.05, 0) is 57.4 Å². The van der Waals surface area contributed by atoms with Crippen LogP contribution >= 0.6 is 0 Å². The van der Waals surface area contributed by atoms with Crippen LogP contribution in [0.1, 0.15) is 140 Å². The minimum absolute atomic E-state index is 0.0224. The van der Waals surface area contributed by atoms with E-state index in [0.29, 0.717) is 34.2 Å². The number of carbonyl (C=O) groups is 20. The lowest BCUT2D eigenvalue weighted by molar-refractivity contribution is -0.157. The number of aliphatic hydroxyl groups excluding tert-OH is 1. The van der Waals surface area contributed by atoms with Crippen molar-refractivity contribution in [2.75, 3.05) is 32.5 Å². The molecule has 112 heavy (non-hydrogen) atoms. The van der Waals surface area contributed by atoms with Gasteiger partial charge in [-0.2, -0.15) is 0 Å². The molecular weight excluding hydrogens is 1480 g/mol. The number of para-hydroxylation sites is 2. The van der Waals surface area contributed by atoms with Gasteiger partial charge in [-0.25, -0.2) is 4.79 Å². The first-order valence-corrected chi connectivity index (χ1v) is 35.6. The molecule has 12 atom stereocenters. The highest BCUT2D eigenvalue weighted by Gasteiger charge is 2.41. The molecule has 3 aromatic rings. The standard InChI is InChI=1S/C70H96N16O26/c1-6-7-8-9-10-11-12-21-52(90)77-43(24-37-30-73-41-20-16-14-17-38(37)41)65(106)83-47(29-58(99)100)66(107)82-44(26-51(72)89)67(108)85-59-36(4)112-70(111)48(25-50(88)39-18-13-15-19-40(39)71)84-63(104)42(22-23-55(93)94)79-68(109)49(33-87)78-53(91)31-74-62(103)45(27-56(95)96)80-61(102)35(3)76-64(105)46(28-57(97)98)81-60(101)34(2)75-54(92)32-86(5)69(59)110/h13-20,30,34-36,42-49,59,73,87H,6-12,21-29,31-33,71H2,1-5H3,(H2,72,89)(H,74,103)(H,75,92)(H,76,105)(H,77,90)(H,78,91)(H,79,109)(H,80,102)(H,81,101)(H,82,107)(H,83,106)(H,84,104)(H,85,108)(H,93,94)(H,95,96)(H,97,98)(H,99,100)/t34-,35+,36+,42-,43-,44-,45-,46-,47+,48-,49+,59-/m0/s1. The molecule has 42 heteroatoms. The molecule has 1 aromatic heterocycles. The van der Waals surface area contributed by atoms with Crippen molar-refractivity contribution >= 4 is 135 Å². The summed E-state index contributed by atoms with van der Waals surface area (Å²) < 4.78 is 5.69. The van der Waals surface area contributed by atoms with Crippen molar-refractivity contribution in [3.05, 3.63) is 65.9 Å². The highest BCUT2D eigenvalue weighted by molar-refractivity contribution is 6.05. The Morgan fingerprint density at radius 2 is 1.11 bits per heavy atom. The van der Waals surface area contributed by atoms with E-state index in [0.717, 1.165) is 59.9 Å². The Labute approximate surface area is 639 Å². The number of unbranched alkanes of at least 4 members (excludes halogenated alkanes) is 6. The number of anilines is 1. The lowest BCUT2D eigenvalue weighted by Gasteiger charge is -2.31. The number of amides is 14. The average molecular weight is 1580 g/mol. The molecule has 612 valence electrons. The Kier molecular flexibility index (Phi) is 37.1. The van der Waals surface area contributed by atoms with Crippen LogP contribution in [0.3, 0.4) is 0 Å². The Balaban J connectivity index is 1.84. The van der Waals surface area contributed by atoms with Gasteiger partial charge in [-0.1, -0.05) is 75.8 Å². The zero-order valence-electron chi connectivity index (χ0n) is 62.0. The van der Waals surface area contributed by atoms with E-state index in [4.69, 9.17) is 16.2 Å². The fourth-order valence-electron chi connectivity index (χ4n) is 11.2. The summed E-state index contributed by atoms with van der Waals surface area (Å²) in [6, 6.07) is -10.3. The zero-order chi connectivity index (χ0) is 83.6. The molecule has 1 aliphatic heterocycles. The minimum Gasteiger partial charge on any atom is -0.481 e. The van der Waals surface area contributed by atoms with E-state index in [-0.39, 0.29) is 24.1 Å². The highest BCUT2D eigenvalue weighted by Crippen LogP contribution is 2.21. The summed E-state index contributed by atoms with van der Waals surface area (Å²) in [5.74, 6) is -27.9. The predicted molar refractivity (Wildman–Crippen MR) is 388 cm³/mol. The molecule has 0 aliphatic carbocycles. The summed E-state index contributed by atoms with van der Waals surface area (Å²) in [6.07, 6.45) is -2.60. The summed E-state index contributed by atoms with van der Waals surface area (Å²) in [5, 5.41) is 75.8. The van der Waals surface area contributed by atoms with Gasteiger partial charge in [0.2, 0.25) is 82.7 Å². The average Bonchev–Trinajstić information content (AvgIpc) is 1.73. The van der Waals surface area contributed by atoms with E-state index in [1.54, 1.807) is 30.5 Å². The van der Waals surface area contributed by atoms with Crippen molar-refractivity contribution in [2.45, 2.75) is 203 Å². The number of ether oxygens (including phenoxy) is 1. The molecule has 0 radical (unpaired) electrons. The third-order valence-electron chi connectivity index (χ3n) is 17.2. The number of rotatable bonds is 32. The second-order valence-corrected chi connectivity index (χ2v) is 26.4. The third kappa shape index (κ3) is 30.8. The first-order valence-electron chi connectivity index (χ1n) is 35.6. The molecule has 0 spiro atoms. The van der Waals surface area contributed by atoms with E-state index < -0.39 is 256 Å². The Morgan fingerprint density at radius 3 is 1.71 bits per heavy atom. The van der Waals surface area contributed by atoms with Gasteiger partial charge in [0.05, 0.1) is 45.4 Å². The van der Waals surface area contributed by atoms with E-state index in [9.17, 15) is 121 Å². The van der Waals surface area contributed by atoms with Crippen molar-refractivity contribution in [3.8, 4) is 0 Å². The number of aliphatic carboxylic acids is 4. The summed E-state index contributed by atoms with van der Waals surface area (Å²) in [5.41, 5.74) is 12.4. The second-order valence-electron chi connectivity index (χ2n) is 26.4. The highest BCUT2D eigenvalue weighted by atomic mass is 16.5. The van der Waals surface area contributed by atoms with Gasteiger partial charge in [-0.15, -0.1) is 0 Å². The lowest BCUT2D eigenvalue weighted by Crippen LogP contribution is -2.61. The number of aromatic amines is 1. The number of nitrogens with one attached hydrogen (secondary N) is 13. The van der Waals surface area contributed by atoms with Gasteiger partial charge < -0.3 is 115 Å². The molecule has 0 bridgehead atoms. The van der Waals surface area contributed by atoms with E-state index in [1.165, 1.54) is 24.3 Å². The number of carboxylic acids is 4. The number of primary amides is 1. The summed E-state index contributed by atoms with van der Waals surface area (Å²) in [4.78, 5) is 275. The maximum absolute atomic E-state index is 14.9. The van der Waals surface area contributed by atoms with Gasteiger partial charge >= 0.3 is 29.8 Å². The molecule has 1 aliphatic rings. The number of nitrogens with zero attached hydrogens (tertiary/aromatic N) is 1. The number of ketones is 1. The SMILES string of the molecule is CCCCCCCCCC(=O)N[C@@H](Cc1c[nH]c2ccccc12)C(=O)N[C@H](CC(=O)O)C(=O)N[C@@H](CC(N)=O)C(=O)N[C@@H]1C(=O)N(C)CC(=O)N[C@@H](C)C(=O)N[C@@H](CC(=O)O)C(=O)N[C@H](C)C(=O)N[C@@H](CC(=O)O)C(=O)NCC(=O)N[C@H](CO)C(=O)N[C@@H](CCC(=O)O)C(=O)N[C@@H](CC(=O)c2ccccc2N)C(=O)O[C@@H]1C. The van der Waals surface area contributed by atoms with E-state index >= 15 is 0 Å². The number of Topliss-reactive ketones (excluding diaryl/α,β-unsaturated/α-hetero) is 1. The normalized spacial score (nSPS) is 21.2. The molecule has 2 aromatic carbocycles. The lowest BCUT2D eigenvalue weighted by atomic mass is 10.0. The molecule has 1 fully saturated rings. The minimum atomic E-state index is -2.39. The molecule has 42 nitrogen and oxygen atoms in total. The number of likely N-dealkylation sites (N-methyl/N-ethyl adjacent to an activating group) is 1. The van der Waals surface area contributed by atoms with Crippen LogP contribution < -0.4 is 75.3 Å².